The molecule has 3 rings (SSSR count). The Morgan fingerprint density at radius 3 is 2.42 bits per heavy atom. The van der Waals surface area contributed by atoms with Crippen LogP contribution in [0.3, 0.4) is 0 Å². The van der Waals surface area contributed by atoms with Crippen LogP contribution in [-0.2, 0) is 40.3 Å². The number of ether oxygens (including phenoxy) is 2. The van der Waals surface area contributed by atoms with Crippen LogP contribution in [0.2, 0.25) is 0 Å². The van der Waals surface area contributed by atoms with Crippen molar-refractivity contribution in [3.8, 4) is 0 Å². The molecule has 1 aromatic carbocycles. The van der Waals surface area contributed by atoms with Crippen LogP contribution in [0.4, 0.5) is 4.79 Å². The number of amides is 3. The molecule has 48 heavy (non-hydrogen) atoms. The zero-order valence-electron chi connectivity index (χ0n) is 28.9. The second-order valence-corrected chi connectivity index (χ2v) is 15.6. The highest BCUT2D eigenvalue weighted by Gasteiger charge is 2.38. The van der Waals surface area contributed by atoms with E-state index in [-0.39, 0.29) is 42.7 Å². The summed E-state index contributed by atoms with van der Waals surface area (Å²) in [6.07, 6.45) is 3.68. The van der Waals surface area contributed by atoms with Crippen LogP contribution in [-0.4, -0.2) is 105 Å². The van der Waals surface area contributed by atoms with Crippen LogP contribution in [0.5, 0.6) is 0 Å². The van der Waals surface area contributed by atoms with Gasteiger partial charge in [0.1, 0.15) is 18.2 Å². The number of sulfonamides is 1. The molecule has 2 fully saturated rings. The van der Waals surface area contributed by atoms with Crippen LogP contribution in [0, 0.1) is 11.3 Å². The maximum atomic E-state index is 13.6. The molecule has 0 saturated carbocycles. The van der Waals surface area contributed by atoms with Gasteiger partial charge in [-0.1, -0.05) is 44.2 Å². The minimum atomic E-state index is -3.69. The van der Waals surface area contributed by atoms with Crippen LogP contribution in [0.25, 0.3) is 0 Å². The Balaban J connectivity index is 1.56. The van der Waals surface area contributed by atoms with Crippen molar-refractivity contribution in [1.29, 1.82) is 0 Å². The molecule has 0 radical (unpaired) electrons. The molecule has 4 N–H and O–H groups in total. The minimum absolute atomic E-state index is 0.0528. The minimum Gasteiger partial charge on any atom is -0.432 e. The van der Waals surface area contributed by atoms with Gasteiger partial charge in [0.05, 0.1) is 18.4 Å². The lowest BCUT2D eigenvalue weighted by atomic mass is 9.86. The van der Waals surface area contributed by atoms with E-state index in [1.807, 2.05) is 30.3 Å². The third kappa shape index (κ3) is 12.2. The molecule has 2 heterocycles. The predicted molar refractivity (Wildman–Crippen MR) is 181 cm³/mol. The highest BCUT2D eigenvalue weighted by Crippen LogP contribution is 2.27. The highest BCUT2D eigenvalue weighted by molar-refractivity contribution is 7.88. The van der Waals surface area contributed by atoms with E-state index in [1.54, 1.807) is 39.6 Å². The summed E-state index contributed by atoms with van der Waals surface area (Å²) in [7, 11) is -3.69. The summed E-state index contributed by atoms with van der Waals surface area (Å²) in [5, 5.41) is 4.62. The fourth-order valence-corrected chi connectivity index (χ4v) is 6.84. The van der Waals surface area contributed by atoms with Gasteiger partial charge < -0.3 is 19.7 Å². The standard InChI is InChI=1S/C33H52N6O8S/c1-22(2)46-32(43)47-23(3)19-33(4,5)31(42)36-21-26-17-25(14-16-39(26)34)20-35-29(40)28-13-10-15-38(28)30(41)27(37-48(6,44)45)18-24-11-8-7-9-12-24/h7-9,11-12,21-23,25-28,37H,10,13-20,34H2,1-6H3,(H,35,40)/b36-21+/t23?,25?,26?,27-,28+/m1/s1. The lowest BCUT2D eigenvalue weighted by Gasteiger charge is -2.35. The first kappa shape index (κ1) is 39.0. The van der Waals surface area contributed by atoms with Crippen molar-refractivity contribution in [3.63, 3.8) is 0 Å². The van der Waals surface area contributed by atoms with E-state index in [9.17, 15) is 27.6 Å². The Kier molecular flexibility index (Phi) is 14.1. The van der Waals surface area contributed by atoms with Crippen LogP contribution < -0.4 is 15.9 Å². The zero-order valence-corrected chi connectivity index (χ0v) is 29.7. The Hall–Kier alpha value is -3.40. The average Bonchev–Trinajstić information content (AvgIpc) is 3.48. The molecule has 0 spiro atoms. The van der Waals surface area contributed by atoms with Crippen LogP contribution in [0.15, 0.2) is 35.3 Å². The Morgan fingerprint density at radius 2 is 1.77 bits per heavy atom. The molecule has 2 aliphatic rings. The molecule has 2 aliphatic heterocycles. The van der Waals surface area contributed by atoms with Crippen LogP contribution >= 0.6 is 0 Å². The Bertz CT molecular complexity index is 1400. The number of hydrazine groups is 1. The number of piperidine rings is 1. The molecule has 3 unspecified atom stereocenters. The van der Waals surface area contributed by atoms with E-state index >= 15 is 0 Å². The van der Waals surface area contributed by atoms with Crippen molar-refractivity contribution in [1.82, 2.24) is 19.9 Å². The molecule has 0 bridgehead atoms. The van der Waals surface area contributed by atoms with Crippen molar-refractivity contribution in [2.45, 2.75) is 103 Å². The monoisotopic (exact) mass is 692 g/mol. The quantitative estimate of drug-likeness (QED) is 0.148. The number of carbonyl (C=O) groups is 4. The summed E-state index contributed by atoms with van der Waals surface area (Å²) in [5.74, 6) is 5.18. The first-order valence-corrected chi connectivity index (χ1v) is 18.4. The molecule has 268 valence electrons. The van der Waals surface area contributed by atoms with Crippen LogP contribution in [0.1, 0.15) is 72.3 Å². The summed E-state index contributed by atoms with van der Waals surface area (Å²) >= 11 is 0. The molecular weight excluding hydrogens is 640 g/mol. The molecule has 0 aliphatic carbocycles. The number of benzene rings is 1. The van der Waals surface area contributed by atoms with Crippen molar-refractivity contribution >= 4 is 40.1 Å². The number of aliphatic imine (C=N–C) groups is 1. The number of nitrogens with zero attached hydrogens (tertiary/aromatic N) is 3. The third-order valence-corrected chi connectivity index (χ3v) is 9.22. The van der Waals surface area contributed by atoms with Crippen molar-refractivity contribution in [2.24, 2.45) is 22.2 Å². The fourth-order valence-electron chi connectivity index (χ4n) is 6.14. The molecular formula is C33H52N6O8S. The maximum Gasteiger partial charge on any atom is 0.508 e. The second kappa shape index (κ2) is 17.3. The first-order valence-electron chi connectivity index (χ1n) is 16.5. The summed E-state index contributed by atoms with van der Waals surface area (Å²) in [6, 6.07) is 7.06. The topological polar surface area (TPSA) is 190 Å². The third-order valence-electron chi connectivity index (χ3n) is 8.51. The summed E-state index contributed by atoms with van der Waals surface area (Å²) in [5.41, 5.74) is -0.106. The van der Waals surface area contributed by atoms with Gasteiger partial charge in [0.15, 0.2) is 0 Å². The molecule has 3 amide bonds. The van der Waals surface area contributed by atoms with Crippen molar-refractivity contribution in [2.75, 3.05) is 25.9 Å². The van der Waals surface area contributed by atoms with Gasteiger partial charge in [0.2, 0.25) is 21.8 Å². The Labute approximate surface area is 284 Å². The average molecular weight is 693 g/mol. The van der Waals surface area contributed by atoms with Gasteiger partial charge in [-0.3, -0.25) is 20.2 Å². The molecule has 14 nitrogen and oxygen atoms in total. The summed E-state index contributed by atoms with van der Waals surface area (Å²) in [4.78, 5) is 57.5. The van der Waals surface area contributed by atoms with Gasteiger partial charge in [0, 0.05) is 31.3 Å². The molecule has 5 atom stereocenters. The molecule has 0 aromatic heterocycles. The first-order chi connectivity index (χ1) is 22.4. The van der Waals surface area contributed by atoms with E-state index in [0.717, 1.165) is 11.8 Å². The van der Waals surface area contributed by atoms with E-state index in [0.29, 0.717) is 45.3 Å². The summed E-state index contributed by atoms with van der Waals surface area (Å²) < 4.78 is 36.9. The molecule has 15 heteroatoms. The van der Waals surface area contributed by atoms with Gasteiger partial charge >= 0.3 is 6.16 Å². The highest BCUT2D eigenvalue weighted by atomic mass is 32.2. The van der Waals surface area contributed by atoms with Crippen molar-refractivity contribution < 1.29 is 37.1 Å². The Morgan fingerprint density at radius 1 is 1.08 bits per heavy atom. The number of hydrogen-bond acceptors (Lipinski definition) is 10. The number of nitrogens with one attached hydrogen (secondary N) is 2. The van der Waals surface area contributed by atoms with Gasteiger partial charge in [-0.15, -0.1) is 0 Å². The largest absolute Gasteiger partial charge is 0.508 e. The van der Waals surface area contributed by atoms with E-state index < -0.39 is 45.7 Å². The van der Waals surface area contributed by atoms with Gasteiger partial charge in [-0.05, 0) is 70.8 Å². The SMILES string of the molecule is CC(C)OC(=O)OC(C)CC(C)(C)C(=O)/N=C/C1CC(CNC(=O)[C@@H]2CCCN2C(=O)[C@@H](Cc2ccccc2)NS(C)(=O)=O)CCN1N. The lowest BCUT2D eigenvalue weighted by molar-refractivity contribution is -0.139. The number of likely N-dealkylation sites (tertiary alicyclic amines) is 1. The fraction of sp³-hybridized carbons (Fsp3) is 0.667. The van der Waals surface area contributed by atoms with E-state index in [2.05, 4.69) is 15.0 Å². The zero-order chi connectivity index (χ0) is 35.6. The van der Waals surface area contributed by atoms with E-state index in [1.165, 1.54) is 11.1 Å². The maximum absolute atomic E-state index is 13.6. The van der Waals surface area contributed by atoms with E-state index in [4.69, 9.17) is 15.3 Å². The normalized spacial score (nSPS) is 22.0. The lowest BCUT2D eigenvalue weighted by Crippen LogP contribution is -2.55. The molecule has 1 aromatic rings. The predicted octanol–water partition coefficient (Wildman–Crippen LogP) is 2.17. The van der Waals surface area contributed by atoms with Gasteiger partial charge in [-0.25, -0.2) is 27.9 Å². The second-order valence-electron chi connectivity index (χ2n) is 13.8. The number of carbonyl (C=O) groups excluding carboxylic acids is 4. The number of nitrogens with two attached hydrogens (primary N) is 1. The molecule has 2 saturated heterocycles. The van der Waals surface area contributed by atoms with Crippen molar-refractivity contribution in [3.05, 3.63) is 35.9 Å². The van der Waals surface area contributed by atoms with Gasteiger partial charge in [-0.2, -0.15) is 0 Å². The number of hydrogen-bond donors (Lipinski definition) is 3. The summed E-state index contributed by atoms with van der Waals surface area (Å²) in [6.45, 7) is 9.84. The smallest absolute Gasteiger partial charge is 0.432 e. The van der Waals surface area contributed by atoms with Gasteiger partial charge in [0.25, 0.3) is 5.91 Å². The number of rotatable bonds is 14.